The van der Waals surface area contributed by atoms with E-state index in [2.05, 4.69) is 0 Å². The Kier molecular flexibility index (Phi) is 5.74. The van der Waals surface area contributed by atoms with Crippen molar-refractivity contribution in [2.75, 3.05) is 32.7 Å². The van der Waals surface area contributed by atoms with Gasteiger partial charge in [0.05, 0.1) is 17.7 Å². The fourth-order valence-corrected chi connectivity index (χ4v) is 3.40. The van der Waals surface area contributed by atoms with Gasteiger partial charge in [-0.3, -0.25) is 9.69 Å². The van der Waals surface area contributed by atoms with Crippen LogP contribution in [0.25, 0.3) is 0 Å². The molecule has 2 saturated heterocycles. The van der Waals surface area contributed by atoms with Crippen LogP contribution in [0.3, 0.4) is 0 Å². The van der Waals surface area contributed by atoms with Crippen LogP contribution >= 0.6 is 0 Å². The normalized spacial score (nSPS) is 22.2. The van der Waals surface area contributed by atoms with Gasteiger partial charge in [0.25, 0.3) is 5.91 Å². The SMILES string of the molecule is CC1(C)OB(c2cc(F)cc(C(=O)N3CCN(CC(F)(F)F)CC3)c2)OC1(C)C. The monoisotopic (exact) mass is 416 g/mol. The van der Waals surface area contributed by atoms with E-state index in [0.29, 0.717) is 5.46 Å². The minimum atomic E-state index is -4.27. The first-order valence-electron chi connectivity index (χ1n) is 9.52. The van der Waals surface area contributed by atoms with Crippen LogP contribution < -0.4 is 5.46 Å². The molecule has 1 amide bonds. The summed E-state index contributed by atoms with van der Waals surface area (Å²) in [4.78, 5) is 15.5. The quantitative estimate of drug-likeness (QED) is 0.561. The molecular weight excluding hydrogens is 391 g/mol. The van der Waals surface area contributed by atoms with Crippen molar-refractivity contribution < 1.29 is 31.7 Å². The van der Waals surface area contributed by atoms with Gasteiger partial charge in [0.2, 0.25) is 0 Å². The summed E-state index contributed by atoms with van der Waals surface area (Å²) in [7, 11) is -0.814. The summed E-state index contributed by atoms with van der Waals surface area (Å²) in [5.74, 6) is -1.02. The van der Waals surface area contributed by atoms with Crippen molar-refractivity contribution in [2.24, 2.45) is 0 Å². The van der Waals surface area contributed by atoms with Crippen LogP contribution in [-0.2, 0) is 9.31 Å². The average molecular weight is 416 g/mol. The molecule has 2 heterocycles. The van der Waals surface area contributed by atoms with Gasteiger partial charge >= 0.3 is 13.3 Å². The zero-order valence-electron chi connectivity index (χ0n) is 17.0. The van der Waals surface area contributed by atoms with E-state index in [-0.39, 0.29) is 31.7 Å². The highest BCUT2D eigenvalue weighted by atomic mass is 19.4. The summed E-state index contributed by atoms with van der Waals surface area (Å²) >= 11 is 0. The van der Waals surface area contributed by atoms with Crippen LogP contribution in [0.1, 0.15) is 38.1 Å². The Bertz CT molecular complexity index is 761. The maximum atomic E-state index is 14.2. The summed E-state index contributed by atoms with van der Waals surface area (Å²) in [6, 6.07) is 3.91. The molecule has 160 valence electrons. The standard InChI is InChI=1S/C19H25BF4N2O3/c1-17(2)18(3,4)29-20(28-17)14-9-13(10-15(21)11-14)16(27)26-7-5-25(6-8-26)12-19(22,23)24/h9-11H,5-8,12H2,1-4H3. The van der Waals surface area contributed by atoms with Gasteiger partial charge in [0.1, 0.15) is 5.82 Å². The zero-order chi connectivity index (χ0) is 21.6. The maximum Gasteiger partial charge on any atom is 0.494 e. The molecule has 0 saturated carbocycles. The predicted octanol–water partition coefficient (Wildman–Crippen LogP) is 2.45. The van der Waals surface area contributed by atoms with E-state index in [4.69, 9.17) is 9.31 Å². The molecule has 10 heteroatoms. The summed E-state index contributed by atoms with van der Waals surface area (Å²) in [5, 5.41) is 0. The molecule has 3 rings (SSSR count). The van der Waals surface area contributed by atoms with Crippen LogP contribution in [0.2, 0.25) is 0 Å². The van der Waals surface area contributed by atoms with E-state index >= 15 is 0 Å². The van der Waals surface area contributed by atoms with Gasteiger partial charge in [-0.25, -0.2) is 4.39 Å². The van der Waals surface area contributed by atoms with Gasteiger partial charge in [-0.15, -0.1) is 0 Å². The third-order valence-corrected chi connectivity index (χ3v) is 5.75. The fraction of sp³-hybridized carbons (Fsp3) is 0.632. The number of carbonyl (C=O) groups is 1. The summed E-state index contributed by atoms with van der Waals surface area (Å²) in [5.41, 5.74) is -0.701. The Hall–Kier alpha value is -1.65. The van der Waals surface area contributed by atoms with Gasteiger partial charge in [0.15, 0.2) is 0 Å². The summed E-state index contributed by atoms with van der Waals surface area (Å²) in [6.45, 7) is 7.03. The molecule has 0 radical (unpaired) electrons. The van der Waals surface area contributed by atoms with Crippen molar-refractivity contribution in [1.29, 1.82) is 0 Å². The molecule has 2 aliphatic rings. The largest absolute Gasteiger partial charge is 0.494 e. The van der Waals surface area contributed by atoms with Gasteiger partial charge < -0.3 is 14.2 Å². The highest BCUT2D eigenvalue weighted by molar-refractivity contribution is 6.62. The van der Waals surface area contributed by atoms with E-state index in [9.17, 15) is 22.4 Å². The summed E-state index contributed by atoms with van der Waals surface area (Å²) in [6.07, 6.45) is -4.27. The molecule has 1 aromatic rings. The van der Waals surface area contributed by atoms with E-state index in [1.165, 1.54) is 21.9 Å². The number of alkyl halides is 3. The van der Waals surface area contributed by atoms with Crippen molar-refractivity contribution in [3.63, 3.8) is 0 Å². The molecule has 2 fully saturated rings. The Labute approximate surface area is 168 Å². The molecule has 0 bridgehead atoms. The van der Waals surface area contributed by atoms with Crippen molar-refractivity contribution >= 4 is 18.5 Å². The Balaban J connectivity index is 1.71. The lowest BCUT2D eigenvalue weighted by Crippen LogP contribution is -2.51. The van der Waals surface area contributed by atoms with E-state index in [0.717, 1.165) is 6.07 Å². The van der Waals surface area contributed by atoms with E-state index < -0.39 is 42.8 Å². The number of hydrogen-bond donors (Lipinski definition) is 0. The molecule has 2 aliphatic heterocycles. The number of halogens is 4. The smallest absolute Gasteiger partial charge is 0.399 e. The molecule has 5 nitrogen and oxygen atoms in total. The first-order valence-corrected chi connectivity index (χ1v) is 9.52. The van der Waals surface area contributed by atoms with Crippen LogP contribution in [0.5, 0.6) is 0 Å². The van der Waals surface area contributed by atoms with Crippen LogP contribution in [0.15, 0.2) is 18.2 Å². The Morgan fingerprint density at radius 2 is 1.59 bits per heavy atom. The molecule has 29 heavy (non-hydrogen) atoms. The van der Waals surface area contributed by atoms with Crippen LogP contribution in [-0.4, -0.2) is 72.9 Å². The Morgan fingerprint density at radius 3 is 2.10 bits per heavy atom. The van der Waals surface area contributed by atoms with Gasteiger partial charge in [0, 0.05) is 31.7 Å². The second kappa shape index (κ2) is 7.56. The molecule has 0 spiro atoms. The molecule has 0 atom stereocenters. The predicted molar refractivity (Wildman–Crippen MR) is 101 cm³/mol. The third kappa shape index (κ3) is 4.92. The molecule has 1 aromatic carbocycles. The number of benzene rings is 1. The lowest BCUT2D eigenvalue weighted by atomic mass is 9.78. The van der Waals surface area contributed by atoms with Gasteiger partial charge in [-0.1, -0.05) is 0 Å². The minimum Gasteiger partial charge on any atom is -0.399 e. The number of piperazine rings is 1. The number of nitrogens with zero attached hydrogens (tertiary/aromatic N) is 2. The highest BCUT2D eigenvalue weighted by Gasteiger charge is 2.52. The first kappa shape index (κ1) is 22.0. The van der Waals surface area contributed by atoms with Crippen molar-refractivity contribution in [1.82, 2.24) is 9.80 Å². The van der Waals surface area contributed by atoms with E-state index in [1.807, 2.05) is 27.7 Å². The van der Waals surface area contributed by atoms with Gasteiger partial charge in [-0.05, 0) is 51.4 Å². The number of carbonyl (C=O) groups excluding carboxylic acids is 1. The van der Waals surface area contributed by atoms with Crippen molar-refractivity contribution in [2.45, 2.75) is 45.1 Å². The molecule has 0 N–H and O–H groups in total. The second-order valence-corrected chi connectivity index (χ2v) is 8.55. The topological polar surface area (TPSA) is 42.0 Å². The molecule has 0 unspecified atom stereocenters. The number of rotatable bonds is 3. The van der Waals surface area contributed by atoms with Gasteiger partial charge in [-0.2, -0.15) is 13.2 Å². The third-order valence-electron chi connectivity index (χ3n) is 5.75. The highest BCUT2D eigenvalue weighted by Crippen LogP contribution is 2.36. The lowest BCUT2D eigenvalue weighted by molar-refractivity contribution is -0.148. The molecular formula is C19H25BF4N2O3. The molecule has 0 aliphatic carbocycles. The van der Waals surface area contributed by atoms with Crippen LogP contribution in [0.4, 0.5) is 17.6 Å². The number of hydrogen-bond acceptors (Lipinski definition) is 4. The number of amides is 1. The summed E-state index contributed by atoms with van der Waals surface area (Å²) < 4.78 is 63.6. The maximum absolute atomic E-state index is 14.2. The first-order chi connectivity index (χ1) is 13.3. The Morgan fingerprint density at radius 1 is 1.03 bits per heavy atom. The van der Waals surface area contributed by atoms with Crippen LogP contribution in [0, 0.1) is 5.82 Å². The average Bonchev–Trinajstić information content (AvgIpc) is 2.81. The van der Waals surface area contributed by atoms with Crippen molar-refractivity contribution in [3.8, 4) is 0 Å². The lowest BCUT2D eigenvalue weighted by Gasteiger charge is -2.35. The zero-order valence-corrected chi connectivity index (χ0v) is 17.0. The fourth-order valence-electron chi connectivity index (χ4n) is 3.40. The minimum absolute atomic E-state index is 0.116. The second-order valence-electron chi connectivity index (χ2n) is 8.55. The van der Waals surface area contributed by atoms with Crippen molar-refractivity contribution in [3.05, 3.63) is 29.6 Å². The van der Waals surface area contributed by atoms with E-state index in [1.54, 1.807) is 0 Å². The molecule has 0 aromatic heterocycles.